The second kappa shape index (κ2) is 6.24. The monoisotopic (exact) mass is 338 g/mol. The van der Waals surface area contributed by atoms with Gasteiger partial charge < -0.3 is 15.0 Å². The number of halogens is 1. The summed E-state index contributed by atoms with van der Waals surface area (Å²) in [6.45, 7) is 3.76. The standard InChI is InChI=1S/C15H19BrN2O2/c16-14-3-1-2-11-9-18(6-4-13(11)14)15(19)8-12-10-20-7-5-17-12/h1-3,12,17H,4-10H2. The number of fused-ring (bicyclic) bond motifs is 1. The van der Waals surface area contributed by atoms with E-state index < -0.39 is 0 Å². The van der Waals surface area contributed by atoms with Gasteiger partial charge in [-0.15, -0.1) is 0 Å². The third-order valence-corrected chi connectivity index (χ3v) is 4.72. The van der Waals surface area contributed by atoms with E-state index >= 15 is 0 Å². The number of hydrogen-bond acceptors (Lipinski definition) is 3. The molecule has 1 unspecified atom stereocenters. The smallest absolute Gasteiger partial charge is 0.224 e. The fourth-order valence-corrected chi connectivity index (χ4v) is 3.47. The number of morpholine rings is 1. The van der Waals surface area contributed by atoms with E-state index in [2.05, 4.69) is 33.4 Å². The molecule has 0 aromatic heterocycles. The highest BCUT2D eigenvalue weighted by Gasteiger charge is 2.25. The van der Waals surface area contributed by atoms with Crippen LogP contribution >= 0.6 is 15.9 Å². The summed E-state index contributed by atoms with van der Waals surface area (Å²) in [6.07, 6.45) is 1.46. The van der Waals surface area contributed by atoms with Gasteiger partial charge in [0.15, 0.2) is 0 Å². The maximum atomic E-state index is 12.4. The number of benzene rings is 1. The lowest BCUT2D eigenvalue weighted by Gasteiger charge is -2.31. The Morgan fingerprint density at radius 2 is 2.40 bits per heavy atom. The Kier molecular flexibility index (Phi) is 4.38. The summed E-state index contributed by atoms with van der Waals surface area (Å²) < 4.78 is 6.56. The number of amides is 1. The van der Waals surface area contributed by atoms with Gasteiger partial charge in [0, 0.05) is 36.6 Å². The van der Waals surface area contributed by atoms with E-state index in [1.54, 1.807) is 0 Å². The highest BCUT2D eigenvalue weighted by molar-refractivity contribution is 9.10. The van der Waals surface area contributed by atoms with Gasteiger partial charge in [0.2, 0.25) is 5.91 Å². The zero-order valence-corrected chi connectivity index (χ0v) is 13.0. The maximum absolute atomic E-state index is 12.4. The van der Waals surface area contributed by atoms with Crippen molar-refractivity contribution in [3.8, 4) is 0 Å². The second-order valence-corrected chi connectivity index (χ2v) is 6.23. The lowest BCUT2D eigenvalue weighted by Crippen LogP contribution is -2.46. The summed E-state index contributed by atoms with van der Waals surface area (Å²) in [7, 11) is 0. The van der Waals surface area contributed by atoms with E-state index in [0.29, 0.717) is 13.0 Å². The average molecular weight is 339 g/mol. The van der Waals surface area contributed by atoms with E-state index in [1.165, 1.54) is 11.1 Å². The predicted molar refractivity (Wildman–Crippen MR) is 80.5 cm³/mol. The Hall–Kier alpha value is -0.910. The highest BCUT2D eigenvalue weighted by atomic mass is 79.9. The Morgan fingerprint density at radius 3 is 3.20 bits per heavy atom. The molecule has 0 bridgehead atoms. The van der Waals surface area contributed by atoms with Gasteiger partial charge in [0.25, 0.3) is 0 Å². The molecule has 3 rings (SSSR count). The molecule has 1 amide bonds. The summed E-state index contributed by atoms with van der Waals surface area (Å²) in [6, 6.07) is 6.38. The summed E-state index contributed by atoms with van der Waals surface area (Å²) in [5, 5.41) is 3.34. The molecule has 0 spiro atoms. The van der Waals surface area contributed by atoms with Gasteiger partial charge in [-0.3, -0.25) is 4.79 Å². The van der Waals surface area contributed by atoms with E-state index in [9.17, 15) is 4.79 Å². The molecular formula is C15H19BrN2O2. The number of nitrogens with one attached hydrogen (secondary N) is 1. The van der Waals surface area contributed by atoms with Gasteiger partial charge in [-0.05, 0) is 23.6 Å². The number of nitrogens with zero attached hydrogens (tertiary/aromatic N) is 1. The Morgan fingerprint density at radius 1 is 1.50 bits per heavy atom. The van der Waals surface area contributed by atoms with Crippen LogP contribution in [0.15, 0.2) is 22.7 Å². The van der Waals surface area contributed by atoms with Crippen molar-refractivity contribution in [2.45, 2.75) is 25.4 Å². The van der Waals surface area contributed by atoms with Crippen LogP contribution < -0.4 is 5.32 Å². The number of hydrogen-bond donors (Lipinski definition) is 1. The molecule has 2 heterocycles. The van der Waals surface area contributed by atoms with Crippen molar-refractivity contribution in [3.63, 3.8) is 0 Å². The van der Waals surface area contributed by atoms with Crippen molar-refractivity contribution in [1.82, 2.24) is 10.2 Å². The maximum Gasteiger partial charge on any atom is 0.224 e. The molecule has 0 saturated carbocycles. The Bertz CT molecular complexity index is 501. The minimum atomic E-state index is 0.167. The second-order valence-electron chi connectivity index (χ2n) is 5.37. The number of rotatable bonds is 2. The largest absolute Gasteiger partial charge is 0.378 e. The first-order chi connectivity index (χ1) is 9.74. The first-order valence-electron chi connectivity index (χ1n) is 7.09. The van der Waals surface area contributed by atoms with E-state index in [4.69, 9.17) is 4.74 Å². The first kappa shape index (κ1) is 14.0. The molecule has 4 nitrogen and oxygen atoms in total. The molecule has 5 heteroatoms. The Labute approximate surface area is 127 Å². The van der Waals surface area contributed by atoms with E-state index in [-0.39, 0.29) is 11.9 Å². The van der Waals surface area contributed by atoms with Gasteiger partial charge in [0.1, 0.15) is 0 Å². The van der Waals surface area contributed by atoms with Gasteiger partial charge in [-0.2, -0.15) is 0 Å². The van der Waals surface area contributed by atoms with Crippen LogP contribution in [0.3, 0.4) is 0 Å². The van der Waals surface area contributed by atoms with Gasteiger partial charge >= 0.3 is 0 Å². The lowest BCUT2D eigenvalue weighted by molar-refractivity contribution is -0.133. The minimum absolute atomic E-state index is 0.167. The van der Waals surface area contributed by atoms with E-state index in [0.717, 1.165) is 37.1 Å². The van der Waals surface area contributed by atoms with Gasteiger partial charge in [-0.25, -0.2) is 0 Å². The van der Waals surface area contributed by atoms with Crippen LogP contribution in [0.1, 0.15) is 17.5 Å². The summed E-state index contributed by atoms with van der Waals surface area (Å²) in [5.74, 6) is 0.221. The van der Waals surface area contributed by atoms with Crippen molar-refractivity contribution in [1.29, 1.82) is 0 Å². The topological polar surface area (TPSA) is 41.6 Å². The molecule has 1 N–H and O–H groups in total. The fraction of sp³-hybridized carbons (Fsp3) is 0.533. The van der Waals surface area contributed by atoms with Crippen LogP contribution in [0.25, 0.3) is 0 Å². The molecule has 1 atom stereocenters. The van der Waals surface area contributed by atoms with Crippen LogP contribution in [0.5, 0.6) is 0 Å². The normalized spacial score (nSPS) is 22.4. The third kappa shape index (κ3) is 3.05. The van der Waals surface area contributed by atoms with Crippen molar-refractivity contribution in [2.75, 3.05) is 26.3 Å². The molecule has 1 fully saturated rings. The number of carbonyl (C=O) groups excluding carboxylic acids is 1. The van der Waals surface area contributed by atoms with Crippen LogP contribution in [-0.4, -0.2) is 43.2 Å². The molecular weight excluding hydrogens is 320 g/mol. The molecule has 0 radical (unpaired) electrons. The van der Waals surface area contributed by atoms with Gasteiger partial charge in [0.05, 0.1) is 13.2 Å². The quantitative estimate of drug-likeness (QED) is 0.892. The lowest BCUT2D eigenvalue weighted by atomic mass is 9.99. The average Bonchev–Trinajstić information content (AvgIpc) is 2.48. The van der Waals surface area contributed by atoms with Crippen molar-refractivity contribution >= 4 is 21.8 Å². The van der Waals surface area contributed by atoms with Gasteiger partial charge in [-0.1, -0.05) is 28.1 Å². The molecule has 1 aromatic carbocycles. The van der Waals surface area contributed by atoms with Crippen LogP contribution in [0, 0.1) is 0 Å². The molecule has 108 valence electrons. The molecule has 2 aliphatic rings. The molecule has 1 aromatic rings. The Balaban J connectivity index is 1.63. The first-order valence-corrected chi connectivity index (χ1v) is 7.88. The predicted octanol–water partition coefficient (Wildman–Crippen LogP) is 1.71. The van der Waals surface area contributed by atoms with E-state index in [1.807, 2.05) is 11.0 Å². The molecule has 1 saturated heterocycles. The molecule has 20 heavy (non-hydrogen) atoms. The minimum Gasteiger partial charge on any atom is -0.378 e. The summed E-state index contributed by atoms with van der Waals surface area (Å²) in [4.78, 5) is 14.3. The number of ether oxygens (including phenoxy) is 1. The van der Waals surface area contributed by atoms with Crippen LogP contribution in [0.2, 0.25) is 0 Å². The number of carbonyl (C=O) groups is 1. The zero-order valence-electron chi connectivity index (χ0n) is 11.4. The van der Waals surface area contributed by atoms with Crippen molar-refractivity contribution < 1.29 is 9.53 Å². The summed E-state index contributed by atoms with van der Waals surface area (Å²) >= 11 is 3.59. The van der Waals surface area contributed by atoms with Crippen molar-refractivity contribution in [2.24, 2.45) is 0 Å². The summed E-state index contributed by atoms with van der Waals surface area (Å²) in [5.41, 5.74) is 2.60. The molecule has 2 aliphatic heterocycles. The molecule has 0 aliphatic carbocycles. The van der Waals surface area contributed by atoms with Crippen LogP contribution in [0.4, 0.5) is 0 Å². The highest BCUT2D eigenvalue weighted by Crippen LogP contribution is 2.26. The SMILES string of the molecule is O=C(CC1COCCN1)N1CCc2c(Br)cccc2C1. The fourth-order valence-electron chi connectivity index (χ4n) is 2.87. The third-order valence-electron chi connectivity index (χ3n) is 3.98. The van der Waals surface area contributed by atoms with Crippen molar-refractivity contribution in [3.05, 3.63) is 33.8 Å². The zero-order chi connectivity index (χ0) is 13.9. The van der Waals surface area contributed by atoms with Crippen LogP contribution in [-0.2, 0) is 22.5 Å².